The van der Waals surface area contributed by atoms with E-state index in [-0.39, 0.29) is 5.91 Å². The standard InChI is InChI=1S/C25H24ClN3O2S/c1-28(2)15-8-16-29(25-27-21-14-13-18(26)17-23(21)32-25)24(30)20-11-6-7-12-22(20)31-19-9-4-3-5-10-19/h3-7,9-14,17H,8,15-16H2,1-2H3. The minimum Gasteiger partial charge on any atom is -0.457 e. The monoisotopic (exact) mass is 465 g/mol. The van der Waals surface area contributed by atoms with E-state index in [2.05, 4.69) is 4.90 Å². The van der Waals surface area contributed by atoms with Gasteiger partial charge in [0.1, 0.15) is 11.5 Å². The number of para-hydroxylation sites is 2. The highest BCUT2D eigenvalue weighted by atomic mass is 35.5. The second-order valence-corrected chi connectivity index (χ2v) is 9.08. The van der Waals surface area contributed by atoms with E-state index in [1.54, 1.807) is 11.0 Å². The maximum atomic E-state index is 13.7. The van der Waals surface area contributed by atoms with Crippen LogP contribution in [0.2, 0.25) is 5.02 Å². The van der Waals surface area contributed by atoms with Crippen LogP contribution in [0, 0.1) is 0 Å². The molecule has 4 rings (SSSR count). The van der Waals surface area contributed by atoms with Crippen LogP contribution in [0.3, 0.4) is 0 Å². The molecule has 164 valence electrons. The number of halogens is 1. The Bertz CT molecular complexity index is 1210. The van der Waals surface area contributed by atoms with Gasteiger partial charge in [0.05, 0.1) is 15.8 Å². The molecule has 0 aliphatic heterocycles. The van der Waals surface area contributed by atoms with Crippen molar-refractivity contribution < 1.29 is 9.53 Å². The van der Waals surface area contributed by atoms with E-state index >= 15 is 0 Å². The lowest BCUT2D eigenvalue weighted by Crippen LogP contribution is -2.33. The number of hydrogen-bond donors (Lipinski definition) is 0. The van der Waals surface area contributed by atoms with Gasteiger partial charge in [0.15, 0.2) is 5.13 Å². The van der Waals surface area contributed by atoms with Gasteiger partial charge in [-0.05, 0) is 69.5 Å². The highest BCUT2D eigenvalue weighted by molar-refractivity contribution is 7.22. The minimum absolute atomic E-state index is 0.138. The van der Waals surface area contributed by atoms with Crippen LogP contribution in [0.5, 0.6) is 11.5 Å². The van der Waals surface area contributed by atoms with Gasteiger partial charge in [0, 0.05) is 11.6 Å². The molecule has 0 radical (unpaired) electrons. The fourth-order valence-corrected chi connectivity index (χ4v) is 4.59. The summed E-state index contributed by atoms with van der Waals surface area (Å²) in [6.45, 7) is 1.41. The Labute approximate surface area is 196 Å². The van der Waals surface area contributed by atoms with Crippen molar-refractivity contribution in [1.29, 1.82) is 0 Å². The molecule has 3 aromatic carbocycles. The molecule has 0 saturated heterocycles. The van der Waals surface area contributed by atoms with Crippen LogP contribution in [-0.2, 0) is 0 Å². The molecule has 5 nitrogen and oxygen atoms in total. The highest BCUT2D eigenvalue weighted by Gasteiger charge is 2.24. The van der Waals surface area contributed by atoms with Crippen molar-refractivity contribution in [1.82, 2.24) is 9.88 Å². The molecular formula is C25H24ClN3O2S. The predicted molar refractivity (Wildman–Crippen MR) is 132 cm³/mol. The molecule has 0 unspecified atom stereocenters. The zero-order valence-corrected chi connectivity index (χ0v) is 19.6. The molecule has 1 heterocycles. The van der Waals surface area contributed by atoms with Gasteiger partial charge < -0.3 is 9.64 Å². The van der Waals surface area contributed by atoms with Crippen LogP contribution in [0.1, 0.15) is 16.8 Å². The molecule has 0 N–H and O–H groups in total. The lowest BCUT2D eigenvalue weighted by atomic mass is 10.1. The Kier molecular flexibility index (Phi) is 7.05. The summed E-state index contributed by atoms with van der Waals surface area (Å²) >= 11 is 7.62. The molecule has 7 heteroatoms. The maximum Gasteiger partial charge on any atom is 0.263 e. The summed E-state index contributed by atoms with van der Waals surface area (Å²) in [6, 6.07) is 22.4. The molecule has 0 atom stereocenters. The summed E-state index contributed by atoms with van der Waals surface area (Å²) in [5, 5.41) is 1.31. The van der Waals surface area contributed by atoms with Crippen LogP contribution in [0.15, 0.2) is 72.8 Å². The van der Waals surface area contributed by atoms with E-state index in [9.17, 15) is 4.79 Å². The molecule has 0 aliphatic rings. The quantitative estimate of drug-likeness (QED) is 0.304. The number of rotatable bonds is 8. The molecule has 32 heavy (non-hydrogen) atoms. The van der Waals surface area contributed by atoms with Crippen molar-refractivity contribution in [3.05, 3.63) is 83.4 Å². The van der Waals surface area contributed by atoms with E-state index in [1.165, 1.54) is 11.3 Å². The van der Waals surface area contributed by atoms with Gasteiger partial charge in [-0.25, -0.2) is 4.98 Å². The third-order valence-electron chi connectivity index (χ3n) is 4.89. The van der Waals surface area contributed by atoms with Gasteiger partial charge in [-0.3, -0.25) is 9.69 Å². The molecule has 0 bridgehead atoms. The van der Waals surface area contributed by atoms with Crippen molar-refractivity contribution in [2.45, 2.75) is 6.42 Å². The third kappa shape index (κ3) is 5.27. The van der Waals surface area contributed by atoms with Gasteiger partial charge >= 0.3 is 0 Å². The smallest absolute Gasteiger partial charge is 0.263 e. The number of hydrogen-bond acceptors (Lipinski definition) is 5. The van der Waals surface area contributed by atoms with Crippen molar-refractivity contribution in [3.63, 3.8) is 0 Å². The summed E-state index contributed by atoms with van der Waals surface area (Å²) in [7, 11) is 4.05. The Morgan fingerprint density at radius 2 is 1.75 bits per heavy atom. The number of aromatic nitrogens is 1. The van der Waals surface area contributed by atoms with Crippen molar-refractivity contribution in [2.75, 3.05) is 32.1 Å². The number of anilines is 1. The molecule has 4 aromatic rings. The van der Waals surface area contributed by atoms with Crippen molar-refractivity contribution in [2.24, 2.45) is 0 Å². The van der Waals surface area contributed by atoms with Gasteiger partial charge in [-0.1, -0.05) is 53.3 Å². The van der Waals surface area contributed by atoms with E-state index in [4.69, 9.17) is 21.3 Å². The molecule has 0 saturated carbocycles. The Hall–Kier alpha value is -2.93. The van der Waals surface area contributed by atoms with Gasteiger partial charge in [0.2, 0.25) is 0 Å². The van der Waals surface area contributed by atoms with E-state index in [1.807, 2.05) is 80.8 Å². The predicted octanol–water partition coefficient (Wildman–Crippen LogP) is 6.34. The van der Waals surface area contributed by atoms with Crippen LogP contribution in [0.25, 0.3) is 10.2 Å². The summed E-state index contributed by atoms with van der Waals surface area (Å²) < 4.78 is 6.99. The number of benzene rings is 3. The summed E-state index contributed by atoms with van der Waals surface area (Å²) in [5.74, 6) is 1.06. The summed E-state index contributed by atoms with van der Waals surface area (Å²) in [5.41, 5.74) is 1.33. The van der Waals surface area contributed by atoms with Gasteiger partial charge in [-0.2, -0.15) is 0 Å². The Morgan fingerprint density at radius 3 is 2.53 bits per heavy atom. The SMILES string of the molecule is CN(C)CCCN(C(=O)c1ccccc1Oc1ccccc1)c1nc2ccc(Cl)cc2s1. The topological polar surface area (TPSA) is 45.7 Å². The fraction of sp³-hybridized carbons (Fsp3) is 0.200. The Morgan fingerprint density at radius 1 is 1.00 bits per heavy atom. The molecule has 0 aliphatic carbocycles. The van der Waals surface area contributed by atoms with Gasteiger partial charge in [0.25, 0.3) is 5.91 Å². The number of nitrogens with zero attached hydrogens (tertiary/aromatic N) is 3. The third-order valence-corrected chi connectivity index (χ3v) is 6.17. The second kappa shape index (κ2) is 10.1. The van der Waals surface area contributed by atoms with Crippen molar-refractivity contribution in [3.8, 4) is 11.5 Å². The zero-order valence-electron chi connectivity index (χ0n) is 18.0. The maximum absolute atomic E-state index is 13.7. The minimum atomic E-state index is -0.138. The zero-order chi connectivity index (χ0) is 22.5. The second-order valence-electron chi connectivity index (χ2n) is 7.63. The first-order valence-electron chi connectivity index (χ1n) is 10.4. The molecule has 1 amide bonds. The summed E-state index contributed by atoms with van der Waals surface area (Å²) in [4.78, 5) is 22.3. The number of amides is 1. The fourth-order valence-electron chi connectivity index (χ4n) is 3.32. The average Bonchev–Trinajstić information content (AvgIpc) is 3.20. The molecule has 1 aromatic heterocycles. The van der Waals surface area contributed by atoms with E-state index in [0.29, 0.717) is 33.8 Å². The lowest BCUT2D eigenvalue weighted by molar-refractivity contribution is 0.0984. The first-order chi connectivity index (χ1) is 15.5. The molecule has 0 spiro atoms. The molecular weight excluding hydrogens is 442 g/mol. The summed E-state index contributed by atoms with van der Waals surface area (Å²) in [6.07, 6.45) is 0.817. The van der Waals surface area contributed by atoms with Gasteiger partial charge in [-0.15, -0.1) is 0 Å². The lowest BCUT2D eigenvalue weighted by Gasteiger charge is -2.22. The first-order valence-corrected chi connectivity index (χ1v) is 11.6. The van der Waals surface area contributed by atoms with E-state index < -0.39 is 0 Å². The number of carbonyl (C=O) groups excluding carboxylic acids is 1. The number of ether oxygens (including phenoxy) is 1. The first kappa shape index (κ1) is 22.3. The number of carbonyl (C=O) groups is 1. The Balaban J connectivity index is 1.68. The molecule has 0 fully saturated rings. The van der Waals surface area contributed by atoms with E-state index in [0.717, 1.165) is 23.2 Å². The average molecular weight is 466 g/mol. The van der Waals surface area contributed by atoms with Crippen LogP contribution >= 0.6 is 22.9 Å². The number of thiazole rings is 1. The van der Waals surface area contributed by atoms with Crippen LogP contribution < -0.4 is 9.64 Å². The van der Waals surface area contributed by atoms with Crippen LogP contribution in [-0.4, -0.2) is 43.0 Å². The largest absolute Gasteiger partial charge is 0.457 e. The van der Waals surface area contributed by atoms with Crippen LogP contribution in [0.4, 0.5) is 5.13 Å². The normalized spacial score (nSPS) is 11.1. The van der Waals surface area contributed by atoms with Crippen molar-refractivity contribution >= 4 is 44.2 Å². The number of fused-ring (bicyclic) bond motifs is 1. The highest BCUT2D eigenvalue weighted by Crippen LogP contribution is 2.33.